The van der Waals surface area contributed by atoms with Crippen LogP contribution in [0.15, 0.2) is 0 Å². The third-order valence-corrected chi connectivity index (χ3v) is 3.77. The van der Waals surface area contributed by atoms with Crippen molar-refractivity contribution in [3.8, 4) is 0 Å². The first kappa shape index (κ1) is 14.8. The monoisotopic (exact) mass is 261 g/mol. The van der Waals surface area contributed by atoms with Crippen molar-refractivity contribution in [1.29, 1.82) is 0 Å². The zero-order valence-electron chi connectivity index (χ0n) is 10.6. The summed E-state index contributed by atoms with van der Waals surface area (Å²) in [7, 11) is 0. The molecule has 0 unspecified atom stereocenters. The molecule has 100 valence electrons. The molecule has 0 aliphatic carbocycles. The molecule has 1 aliphatic heterocycles. The van der Waals surface area contributed by atoms with E-state index in [2.05, 4.69) is 5.32 Å². The minimum Gasteiger partial charge on any atom is -0.464 e. The van der Waals surface area contributed by atoms with Crippen molar-refractivity contribution in [2.24, 2.45) is 5.92 Å². The van der Waals surface area contributed by atoms with E-state index in [0.717, 1.165) is 19.0 Å². The number of ether oxygens (including phenoxy) is 2. The van der Waals surface area contributed by atoms with Gasteiger partial charge in [-0.1, -0.05) is 0 Å². The molecule has 0 aromatic rings. The second-order valence-electron chi connectivity index (χ2n) is 4.12. The van der Waals surface area contributed by atoms with Crippen molar-refractivity contribution >= 4 is 17.7 Å². The van der Waals surface area contributed by atoms with Crippen molar-refractivity contribution in [2.75, 3.05) is 44.4 Å². The summed E-state index contributed by atoms with van der Waals surface area (Å²) in [6.07, 6.45) is 2.64. The third kappa shape index (κ3) is 7.63. The van der Waals surface area contributed by atoms with E-state index in [0.29, 0.717) is 13.2 Å². The molecule has 0 amide bonds. The predicted octanol–water partition coefficient (Wildman–Crippen LogP) is 1.30. The maximum absolute atomic E-state index is 11.0. The molecule has 0 saturated carbocycles. The summed E-state index contributed by atoms with van der Waals surface area (Å²) in [6, 6.07) is 0. The van der Waals surface area contributed by atoms with Gasteiger partial charge in [0, 0.05) is 6.54 Å². The lowest BCUT2D eigenvalue weighted by Crippen LogP contribution is -2.29. The standard InChI is InChI=1S/C12H23NO3S/c1-2-16-12(14)10-15-6-5-13-9-11-3-7-17-8-4-11/h11,13H,2-10H2,1H3. The lowest BCUT2D eigenvalue weighted by atomic mass is 10.0. The Balaban J connectivity index is 1.85. The maximum Gasteiger partial charge on any atom is 0.332 e. The van der Waals surface area contributed by atoms with Crippen molar-refractivity contribution in [3.05, 3.63) is 0 Å². The smallest absolute Gasteiger partial charge is 0.332 e. The van der Waals surface area contributed by atoms with Gasteiger partial charge in [-0.2, -0.15) is 11.8 Å². The Kier molecular flexibility index (Phi) is 8.48. The van der Waals surface area contributed by atoms with Gasteiger partial charge in [0.25, 0.3) is 0 Å². The lowest BCUT2D eigenvalue weighted by molar-refractivity contribution is -0.148. The zero-order valence-corrected chi connectivity index (χ0v) is 11.4. The summed E-state index contributed by atoms with van der Waals surface area (Å²) < 4.78 is 9.95. The van der Waals surface area contributed by atoms with Crippen LogP contribution >= 0.6 is 11.8 Å². The van der Waals surface area contributed by atoms with E-state index < -0.39 is 0 Å². The molecule has 0 spiro atoms. The Morgan fingerprint density at radius 3 is 2.88 bits per heavy atom. The quantitative estimate of drug-likeness (QED) is 0.527. The fourth-order valence-corrected chi connectivity index (χ4v) is 2.96. The summed E-state index contributed by atoms with van der Waals surface area (Å²) in [4.78, 5) is 11.0. The number of carbonyl (C=O) groups is 1. The van der Waals surface area contributed by atoms with E-state index in [1.54, 1.807) is 6.92 Å². The molecule has 1 heterocycles. The second kappa shape index (κ2) is 9.74. The molecule has 0 aromatic carbocycles. The fraction of sp³-hybridized carbons (Fsp3) is 0.917. The Morgan fingerprint density at radius 2 is 2.18 bits per heavy atom. The highest BCUT2D eigenvalue weighted by molar-refractivity contribution is 7.99. The normalized spacial score (nSPS) is 17.0. The van der Waals surface area contributed by atoms with Crippen LogP contribution in [0.5, 0.6) is 0 Å². The molecule has 0 aromatic heterocycles. The topological polar surface area (TPSA) is 47.6 Å². The van der Waals surface area contributed by atoms with Crippen molar-refractivity contribution in [3.63, 3.8) is 0 Å². The zero-order chi connectivity index (χ0) is 12.3. The molecular weight excluding hydrogens is 238 g/mol. The van der Waals surface area contributed by atoms with Crippen LogP contribution in [0.1, 0.15) is 19.8 Å². The number of rotatable bonds is 8. The Labute approximate surface area is 108 Å². The number of hydrogen-bond donors (Lipinski definition) is 1. The summed E-state index contributed by atoms with van der Waals surface area (Å²) in [5, 5.41) is 3.37. The molecular formula is C12H23NO3S. The number of thioether (sulfide) groups is 1. The van der Waals surface area contributed by atoms with Gasteiger partial charge in [-0.25, -0.2) is 4.79 Å². The molecule has 1 N–H and O–H groups in total. The molecule has 1 fully saturated rings. The van der Waals surface area contributed by atoms with Gasteiger partial charge in [0.2, 0.25) is 0 Å². The predicted molar refractivity (Wildman–Crippen MR) is 70.4 cm³/mol. The Hall–Kier alpha value is -0.260. The largest absolute Gasteiger partial charge is 0.464 e. The summed E-state index contributed by atoms with van der Waals surface area (Å²) in [6.45, 7) is 4.73. The molecule has 17 heavy (non-hydrogen) atoms. The minimum atomic E-state index is -0.281. The molecule has 0 bridgehead atoms. The number of esters is 1. The van der Waals surface area contributed by atoms with Gasteiger partial charge < -0.3 is 14.8 Å². The lowest BCUT2D eigenvalue weighted by Gasteiger charge is -2.21. The Morgan fingerprint density at radius 1 is 1.41 bits per heavy atom. The molecule has 1 aliphatic rings. The third-order valence-electron chi connectivity index (χ3n) is 2.72. The maximum atomic E-state index is 11.0. The summed E-state index contributed by atoms with van der Waals surface area (Å²) in [5.74, 6) is 3.13. The van der Waals surface area contributed by atoms with E-state index in [1.807, 2.05) is 11.8 Å². The first-order chi connectivity index (χ1) is 8.33. The minimum absolute atomic E-state index is 0.0651. The molecule has 0 radical (unpaired) electrons. The van der Waals surface area contributed by atoms with Gasteiger partial charge in [-0.15, -0.1) is 0 Å². The average molecular weight is 261 g/mol. The van der Waals surface area contributed by atoms with E-state index in [1.165, 1.54) is 24.3 Å². The molecule has 5 heteroatoms. The Bertz CT molecular complexity index is 208. The first-order valence-electron chi connectivity index (χ1n) is 6.34. The van der Waals surface area contributed by atoms with Gasteiger partial charge in [0.1, 0.15) is 6.61 Å². The fourth-order valence-electron chi connectivity index (χ4n) is 1.76. The average Bonchev–Trinajstić information content (AvgIpc) is 2.35. The highest BCUT2D eigenvalue weighted by Crippen LogP contribution is 2.21. The molecule has 1 saturated heterocycles. The van der Waals surface area contributed by atoms with Crippen LogP contribution in [0.3, 0.4) is 0 Å². The highest BCUT2D eigenvalue weighted by Gasteiger charge is 2.12. The van der Waals surface area contributed by atoms with Gasteiger partial charge in [-0.05, 0) is 43.7 Å². The van der Waals surface area contributed by atoms with E-state index in [9.17, 15) is 4.79 Å². The van der Waals surface area contributed by atoms with Crippen LogP contribution in [0.25, 0.3) is 0 Å². The van der Waals surface area contributed by atoms with Crippen LogP contribution in [0, 0.1) is 5.92 Å². The van der Waals surface area contributed by atoms with Crippen LogP contribution in [0.2, 0.25) is 0 Å². The SMILES string of the molecule is CCOC(=O)COCCNCC1CCSCC1. The number of carbonyl (C=O) groups excluding carboxylic acids is 1. The van der Waals surface area contributed by atoms with Gasteiger partial charge in [-0.3, -0.25) is 0 Å². The van der Waals surface area contributed by atoms with E-state index in [4.69, 9.17) is 9.47 Å². The number of nitrogens with one attached hydrogen (secondary N) is 1. The first-order valence-corrected chi connectivity index (χ1v) is 7.50. The van der Waals surface area contributed by atoms with Crippen LogP contribution in [0.4, 0.5) is 0 Å². The van der Waals surface area contributed by atoms with Crippen LogP contribution in [-0.2, 0) is 14.3 Å². The van der Waals surface area contributed by atoms with Gasteiger partial charge >= 0.3 is 5.97 Å². The van der Waals surface area contributed by atoms with Crippen molar-refractivity contribution in [1.82, 2.24) is 5.32 Å². The van der Waals surface area contributed by atoms with Crippen LogP contribution < -0.4 is 5.32 Å². The van der Waals surface area contributed by atoms with Gasteiger partial charge in [0.05, 0.1) is 13.2 Å². The van der Waals surface area contributed by atoms with Crippen molar-refractivity contribution in [2.45, 2.75) is 19.8 Å². The summed E-state index contributed by atoms with van der Waals surface area (Å²) >= 11 is 2.05. The summed E-state index contributed by atoms with van der Waals surface area (Å²) in [5.41, 5.74) is 0. The molecule has 0 atom stereocenters. The van der Waals surface area contributed by atoms with Crippen molar-refractivity contribution < 1.29 is 14.3 Å². The number of hydrogen-bond acceptors (Lipinski definition) is 5. The second-order valence-corrected chi connectivity index (χ2v) is 5.34. The van der Waals surface area contributed by atoms with E-state index >= 15 is 0 Å². The van der Waals surface area contributed by atoms with Crippen LogP contribution in [-0.4, -0.2) is 50.4 Å². The molecule has 1 rings (SSSR count). The highest BCUT2D eigenvalue weighted by atomic mass is 32.2. The van der Waals surface area contributed by atoms with Gasteiger partial charge in [0.15, 0.2) is 0 Å². The molecule has 4 nitrogen and oxygen atoms in total. The van der Waals surface area contributed by atoms with E-state index in [-0.39, 0.29) is 12.6 Å².